The molecule has 11 heteroatoms. The summed E-state index contributed by atoms with van der Waals surface area (Å²) in [7, 11) is 2.12. The molecule has 3 heterocycles. The minimum Gasteiger partial charge on any atom is -0.508 e. The summed E-state index contributed by atoms with van der Waals surface area (Å²) in [6.07, 6.45) is 24.5. The van der Waals surface area contributed by atoms with Gasteiger partial charge in [-0.25, -0.2) is 4.98 Å². The van der Waals surface area contributed by atoms with E-state index in [2.05, 4.69) is 96.0 Å². The number of carbonyl (C=O) groups excluding carboxylic acids is 1. The first-order valence-corrected chi connectivity index (χ1v) is 24.5. The molecular formula is C52H81ClN6O4. The van der Waals surface area contributed by atoms with Crippen LogP contribution in [0.15, 0.2) is 52.7 Å². The number of benzene rings is 1. The highest BCUT2D eigenvalue weighted by molar-refractivity contribution is 6.17. The van der Waals surface area contributed by atoms with E-state index in [1.165, 1.54) is 49.6 Å². The molecule has 1 aliphatic heterocycles. The third-order valence-electron chi connectivity index (χ3n) is 12.0. The molecule has 10 nitrogen and oxygen atoms in total. The number of allylic oxidation sites excluding steroid dienone is 6. The Bertz CT molecular complexity index is 1970. The van der Waals surface area contributed by atoms with Crippen LogP contribution in [0.2, 0.25) is 0 Å². The zero-order chi connectivity index (χ0) is 46.5. The molecule has 63 heavy (non-hydrogen) atoms. The highest BCUT2D eigenvalue weighted by Gasteiger charge is 2.29. The quantitative estimate of drug-likeness (QED) is 0.0758. The van der Waals surface area contributed by atoms with Crippen LogP contribution < -0.4 is 5.32 Å². The van der Waals surface area contributed by atoms with Gasteiger partial charge in [0.1, 0.15) is 17.3 Å². The van der Waals surface area contributed by atoms with Crippen molar-refractivity contribution in [3.05, 3.63) is 82.2 Å². The van der Waals surface area contributed by atoms with Gasteiger partial charge in [-0.2, -0.15) is 0 Å². The zero-order valence-electron chi connectivity index (χ0n) is 40.7. The topological polar surface area (TPSA) is 120 Å². The zero-order valence-corrected chi connectivity index (χ0v) is 41.5. The van der Waals surface area contributed by atoms with Crippen molar-refractivity contribution in [2.45, 2.75) is 139 Å². The molecule has 3 aromatic rings. The van der Waals surface area contributed by atoms with E-state index in [0.29, 0.717) is 34.9 Å². The van der Waals surface area contributed by atoms with Crippen LogP contribution in [0.5, 0.6) is 11.5 Å². The van der Waals surface area contributed by atoms with Gasteiger partial charge in [0.15, 0.2) is 11.5 Å². The number of piperazine rings is 1. The number of nitrogens with one attached hydrogen (secondary N) is 1. The summed E-state index contributed by atoms with van der Waals surface area (Å²) in [5, 5.41) is 28.3. The molecule has 350 valence electrons. The van der Waals surface area contributed by atoms with Gasteiger partial charge in [0.05, 0.1) is 22.5 Å². The van der Waals surface area contributed by atoms with Crippen molar-refractivity contribution < 1.29 is 19.5 Å². The number of phenolic OH excluding ortho intramolecular Hbond substituents is 2. The lowest BCUT2D eigenvalue weighted by Crippen LogP contribution is -2.47. The van der Waals surface area contributed by atoms with Gasteiger partial charge < -0.3 is 29.5 Å². The van der Waals surface area contributed by atoms with Gasteiger partial charge in [0.2, 0.25) is 0 Å². The molecule has 2 unspecified atom stereocenters. The Balaban J connectivity index is 0.000000775. The molecule has 3 N–H and O–H groups in total. The highest BCUT2D eigenvalue weighted by atomic mass is 35.5. The van der Waals surface area contributed by atoms with Crippen molar-refractivity contribution in [2.24, 2.45) is 18.9 Å². The molecule has 2 aromatic heterocycles. The van der Waals surface area contributed by atoms with Crippen LogP contribution in [0.3, 0.4) is 0 Å². The van der Waals surface area contributed by atoms with Crippen molar-refractivity contribution in [1.82, 2.24) is 29.8 Å². The van der Waals surface area contributed by atoms with Crippen LogP contribution in [0, 0.1) is 18.8 Å². The number of aromatic hydroxyl groups is 2. The summed E-state index contributed by atoms with van der Waals surface area (Å²) in [5.41, 5.74) is 6.36. The standard InChI is InChI=1S/C41H56N6O4.C9H19Cl.C2H6/c1-8-12-31(14-11-15-37-43-28(6)34(13-9-2)45(37)7)47-22-20-46(21-23-47)26-29-16-18-30(19-17-29)38-39(41(50)42-10-3)44-51-40(38)33-24-32(27(4)5)35(48)25-36(33)49;1-3-9(2)7-5-4-6-8-10;1-2/h9,12-13,16,18-19,24-25,27,29,48-49H,8,10-11,14-15,17,20-23,26H2,1-7H3,(H,42,50);9H,3-8H2,1-2H3;1-2H3/b13-9-,31-12-;;. The number of rotatable bonds is 20. The number of aromatic nitrogens is 3. The number of hydrogen-bond donors (Lipinski definition) is 3. The Kier molecular flexibility index (Phi) is 23.4. The Labute approximate surface area is 385 Å². The van der Waals surface area contributed by atoms with Crippen LogP contribution >= 0.6 is 11.6 Å². The number of hydrogen-bond acceptors (Lipinski definition) is 8. The van der Waals surface area contributed by atoms with E-state index in [1.807, 2.05) is 41.5 Å². The summed E-state index contributed by atoms with van der Waals surface area (Å²) < 4.78 is 8.00. The van der Waals surface area contributed by atoms with E-state index in [4.69, 9.17) is 21.1 Å². The molecule has 2 aliphatic rings. The number of amides is 1. The third-order valence-corrected chi connectivity index (χ3v) is 12.3. The fourth-order valence-corrected chi connectivity index (χ4v) is 8.45. The van der Waals surface area contributed by atoms with E-state index in [0.717, 1.165) is 93.7 Å². The fourth-order valence-electron chi connectivity index (χ4n) is 8.26. The Morgan fingerprint density at radius 3 is 2.37 bits per heavy atom. The van der Waals surface area contributed by atoms with Crippen molar-refractivity contribution in [1.29, 1.82) is 0 Å². The predicted molar refractivity (Wildman–Crippen MR) is 265 cm³/mol. The second-order valence-corrected chi connectivity index (χ2v) is 17.4. The average Bonchev–Trinajstić information content (AvgIpc) is 3.83. The molecule has 1 aliphatic carbocycles. The Hall–Kier alpha value is -4.28. The summed E-state index contributed by atoms with van der Waals surface area (Å²) >= 11 is 5.55. The maximum absolute atomic E-state index is 13.1. The molecule has 1 aromatic carbocycles. The van der Waals surface area contributed by atoms with Crippen LogP contribution in [-0.2, 0) is 13.5 Å². The second kappa shape index (κ2) is 27.8. The molecule has 0 spiro atoms. The molecule has 0 bridgehead atoms. The van der Waals surface area contributed by atoms with Crippen LogP contribution in [0.4, 0.5) is 0 Å². The minimum absolute atomic E-state index is 0.0164. The van der Waals surface area contributed by atoms with Crippen molar-refractivity contribution in [3.8, 4) is 22.8 Å². The molecule has 2 atom stereocenters. The summed E-state index contributed by atoms with van der Waals surface area (Å²) in [5.74, 6) is 3.12. The van der Waals surface area contributed by atoms with Crippen LogP contribution in [-0.4, -0.2) is 85.8 Å². The number of aryl methyl sites for hydroxylation is 2. The number of nitrogens with zero attached hydrogens (tertiary/aromatic N) is 5. The van der Waals surface area contributed by atoms with Gasteiger partial charge in [-0.3, -0.25) is 9.69 Å². The van der Waals surface area contributed by atoms with E-state index in [-0.39, 0.29) is 29.0 Å². The summed E-state index contributed by atoms with van der Waals surface area (Å²) in [6.45, 7) is 26.2. The fraction of sp³-hybridized carbons (Fsp3) is 0.596. The van der Waals surface area contributed by atoms with E-state index >= 15 is 0 Å². The molecule has 1 fully saturated rings. The molecule has 5 rings (SSSR count). The largest absolute Gasteiger partial charge is 0.508 e. The monoisotopic (exact) mass is 889 g/mol. The summed E-state index contributed by atoms with van der Waals surface area (Å²) in [4.78, 5) is 23.0. The van der Waals surface area contributed by atoms with Crippen LogP contribution in [0.1, 0.15) is 165 Å². The maximum Gasteiger partial charge on any atom is 0.274 e. The highest BCUT2D eigenvalue weighted by Crippen LogP contribution is 2.42. The smallest absolute Gasteiger partial charge is 0.274 e. The van der Waals surface area contributed by atoms with Crippen molar-refractivity contribution >= 4 is 29.2 Å². The first kappa shape index (κ1) is 53.1. The van der Waals surface area contributed by atoms with Gasteiger partial charge in [-0.05, 0) is 93.9 Å². The first-order valence-electron chi connectivity index (χ1n) is 24.0. The number of phenols is 2. The van der Waals surface area contributed by atoms with Crippen LogP contribution in [0.25, 0.3) is 23.0 Å². The predicted octanol–water partition coefficient (Wildman–Crippen LogP) is 12.5. The van der Waals surface area contributed by atoms with Crippen molar-refractivity contribution in [2.75, 3.05) is 45.1 Å². The number of halogens is 1. The second-order valence-electron chi connectivity index (χ2n) is 17.0. The number of carbonyl (C=O) groups is 1. The first-order chi connectivity index (χ1) is 30.4. The lowest BCUT2D eigenvalue weighted by atomic mass is 9.89. The molecule has 1 amide bonds. The SMILES string of the molecule is C/C=C\c1c(C)nc(CCC/C(=C/CC)N2CCN(CC3C=CC(c4c(C(=O)NCC)noc4-c4cc(C(C)C)c(O)cc4O)=CC3)CC2)n1C.CC.CCC(C)CCCCCCl. The lowest BCUT2D eigenvalue weighted by Gasteiger charge is -2.38. The van der Waals surface area contributed by atoms with Gasteiger partial charge in [0, 0.05) is 70.4 Å². The van der Waals surface area contributed by atoms with Gasteiger partial charge in [-0.15, -0.1) is 11.6 Å². The minimum atomic E-state index is -0.332. The molecule has 0 radical (unpaired) electrons. The van der Waals surface area contributed by atoms with E-state index in [1.54, 1.807) is 6.07 Å². The Morgan fingerprint density at radius 1 is 1.03 bits per heavy atom. The maximum atomic E-state index is 13.1. The summed E-state index contributed by atoms with van der Waals surface area (Å²) in [6, 6.07) is 3.05. The van der Waals surface area contributed by atoms with Gasteiger partial charge >= 0.3 is 0 Å². The molecular weight excluding hydrogens is 808 g/mol. The number of imidazole rings is 1. The van der Waals surface area contributed by atoms with Crippen molar-refractivity contribution in [3.63, 3.8) is 0 Å². The third kappa shape index (κ3) is 15.4. The van der Waals surface area contributed by atoms with Gasteiger partial charge in [0.25, 0.3) is 5.91 Å². The van der Waals surface area contributed by atoms with Gasteiger partial charge in [-0.1, -0.05) is 110 Å². The average molecular weight is 890 g/mol. The Morgan fingerprint density at radius 2 is 1.76 bits per heavy atom. The number of unbranched alkanes of at least 4 members (excludes halogenated alkanes) is 2. The molecule has 1 saturated heterocycles. The van der Waals surface area contributed by atoms with E-state index in [9.17, 15) is 15.0 Å². The normalized spacial score (nSPS) is 16.1. The lowest BCUT2D eigenvalue weighted by molar-refractivity contribution is 0.0946. The number of alkyl halides is 1. The van der Waals surface area contributed by atoms with E-state index < -0.39 is 0 Å². The molecule has 0 saturated carbocycles.